The van der Waals surface area contributed by atoms with Gasteiger partial charge in [-0.05, 0) is 23.8 Å². The Morgan fingerprint density at radius 1 is 1.17 bits per heavy atom. The molecule has 0 aliphatic rings. The molecule has 2 rings (SSSR count). The highest BCUT2D eigenvalue weighted by atomic mass is 79.9. The van der Waals surface area contributed by atoms with E-state index in [1.807, 2.05) is 24.3 Å². The smallest absolute Gasteiger partial charge is 0.250 e. The zero-order chi connectivity index (χ0) is 13.3. The van der Waals surface area contributed by atoms with E-state index in [1.54, 1.807) is 6.07 Å². The largest absolute Gasteiger partial charge is 0.398 e. The molecule has 0 aromatic heterocycles. The van der Waals surface area contributed by atoms with Crippen LogP contribution in [0, 0.1) is 0 Å². The maximum Gasteiger partial charge on any atom is 0.250 e. The van der Waals surface area contributed by atoms with Gasteiger partial charge >= 0.3 is 0 Å². The third-order valence-electron chi connectivity index (χ3n) is 2.57. The molecule has 0 spiro atoms. The molecule has 0 aliphatic carbocycles. The number of rotatable bonds is 2. The Balaban J connectivity index is 2.64. The molecule has 4 N–H and O–H groups in total. The van der Waals surface area contributed by atoms with Crippen LogP contribution < -0.4 is 11.5 Å². The summed E-state index contributed by atoms with van der Waals surface area (Å²) in [7, 11) is 0. The molecule has 0 unspecified atom stereocenters. The van der Waals surface area contributed by atoms with Gasteiger partial charge in [-0.3, -0.25) is 4.79 Å². The first-order valence-corrected chi connectivity index (χ1v) is 6.31. The Morgan fingerprint density at radius 3 is 2.44 bits per heavy atom. The van der Waals surface area contributed by atoms with E-state index in [-0.39, 0.29) is 5.56 Å². The van der Waals surface area contributed by atoms with Gasteiger partial charge in [0.25, 0.3) is 5.91 Å². The van der Waals surface area contributed by atoms with Crippen molar-refractivity contribution in [3.8, 4) is 11.1 Å². The molecule has 2 aromatic rings. The fourth-order valence-corrected chi connectivity index (χ4v) is 2.45. The number of carbonyl (C=O) groups is 1. The second-order valence-electron chi connectivity index (χ2n) is 3.76. The van der Waals surface area contributed by atoms with Crippen LogP contribution in [0.5, 0.6) is 0 Å². The summed E-state index contributed by atoms with van der Waals surface area (Å²) in [6, 6.07) is 10.8. The van der Waals surface area contributed by atoms with E-state index < -0.39 is 5.91 Å². The molecule has 0 aliphatic heterocycles. The van der Waals surface area contributed by atoms with Crippen LogP contribution >= 0.6 is 27.5 Å². The van der Waals surface area contributed by atoms with E-state index in [0.29, 0.717) is 10.7 Å². The van der Waals surface area contributed by atoms with E-state index in [0.717, 1.165) is 15.6 Å². The van der Waals surface area contributed by atoms with Crippen molar-refractivity contribution in [2.75, 3.05) is 5.73 Å². The molecule has 0 heterocycles. The second kappa shape index (κ2) is 5.00. The van der Waals surface area contributed by atoms with Gasteiger partial charge in [-0.2, -0.15) is 0 Å². The van der Waals surface area contributed by atoms with Crippen LogP contribution in [-0.4, -0.2) is 5.91 Å². The van der Waals surface area contributed by atoms with Gasteiger partial charge in [-0.25, -0.2) is 0 Å². The predicted octanol–water partition coefficient (Wildman–Crippen LogP) is 3.45. The second-order valence-corrected chi connectivity index (χ2v) is 5.02. The summed E-state index contributed by atoms with van der Waals surface area (Å²) in [5, 5.41) is 0.435. The summed E-state index contributed by atoms with van der Waals surface area (Å²) in [5.74, 6) is -0.590. The molecule has 2 aromatic carbocycles. The van der Waals surface area contributed by atoms with Crippen LogP contribution in [0.1, 0.15) is 10.4 Å². The molecular formula is C13H10BrClN2O. The van der Waals surface area contributed by atoms with Crippen LogP contribution in [0.4, 0.5) is 5.69 Å². The maximum atomic E-state index is 11.2. The fourth-order valence-electron chi connectivity index (χ4n) is 1.69. The number of hydrogen-bond acceptors (Lipinski definition) is 2. The number of amides is 1. The number of benzene rings is 2. The lowest BCUT2D eigenvalue weighted by atomic mass is 10.0. The third kappa shape index (κ3) is 2.35. The average Bonchev–Trinajstić information content (AvgIpc) is 2.32. The topological polar surface area (TPSA) is 69.1 Å². The summed E-state index contributed by atoms with van der Waals surface area (Å²) < 4.78 is 0.901. The molecule has 5 heteroatoms. The van der Waals surface area contributed by atoms with Crippen LogP contribution in [0.2, 0.25) is 5.02 Å². The van der Waals surface area contributed by atoms with Crippen LogP contribution in [0.3, 0.4) is 0 Å². The minimum absolute atomic E-state index is 0.232. The van der Waals surface area contributed by atoms with Crippen molar-refractivity contribution in [3.63, 3.8) is 0 Å². The van der Waals surface area contributed by atoms with Crippen molar-refractivity contribution in [1.82, 2.24) is 0 Å². The Labute approximate surface area is 118 Å². The van der Waals surface area contributed by atoms with E-state index in [2.05, 4.69) is 15.9 Å². The first kappa shape index (κ1) is 12.9. The monoisotopic (exact) mass is 324 g/mol. The molecular weight excluding hydrogens is 316 g/mol. The van der Waals surface area contributed by atoms with E-state index >= 15 is 0 Å². The number of anilines is 1. The Bertz CT molecular complexity index is 628. The summed E-state index contributed by atoms with van der Waals surface area (Å²) in [5.41, 5.74) is 13.2. The average molecular weight is 326 g/mol. The Kier molecular flexibility index (Phi) is 3.59. The quantitative estimate of drug-likeness (QED) is 0.830. The molecule has 0 atom stereocenters. The highest BCUT2D eigenvalue weighted by Gasteiger charge is 2.13. The van der Waals surface area contributed by atoms with Crippen LogP contribution in [0.15, 0.2) is 40.9 Å². The number of halogens is 2. The first-order valence-electron chi connectivity index (χ1n) is 5.14. The normalized spacial score (nSPS) is 10.3. The molecule has 0 radical (unpaired) electrons. The zero-order valence-electron chi connectivity index (χ0n) is 9.28. The summed E-state index contributed by atoms with van der Waals surface area (Å²) in [6.07, 6.45) is 0. The molecule has 0 saturated carbocycles. The van der Waals surface area contributed by atoms with Gasteiger partial charge in [-0.1, -0.05) is 45.7 Å². The molecule has 18 heavy (non-hydrogen) atoms. The van der Waals surface area contributed by atoms with Gasteiger partial charge in [0.2, 0.25) is 0 Å². The van der Waals surface area contributed by atoms with Gasteiger partial charge in [0.15, 0.2) is 0 Å². The number of hydrogen-bond donors (Lipinski definition) is 2. The van der Waals surface area contributed by atoms with Crippen molar-refractivity contribution in [3.05, 3.63) is 51.5 Å². The van der Waals surface area contributed by atoms with Gasteiger partial charge in [0.05, 0.1) is 5.56 Å². The lowest BCUT2D eigenvalue weighted by Gasteiger charge is -2.10. The van der Waals surface area contributed by atoms with Gasteiger partial charge < -0.3 is 11.5 Å². The number of nitrogen functional groups attached to an aromatic ring is 1. The predicted molar refractivity (Wildman–Crippen MR) is 77.5 cm³/mol. The molecule has 0 bridgehead atoms. The highest BCUT2D eigenvalue weighted by molar-refractivity contribution is 9.10. The molecule has 0 fully saturated rings. The number of carbonyl (C=O) groups excluding carboxylic acids is 1. The van der Waals surface area contributed by atoms with Gasteiger partial charge in [0, 0.05) is 20.7 Å². The third-order valence-corrected chi connectivity index (χ3v) is 3.57. The first-order chi connectivity index (χ1) is 8.50. The standard InChI is InChI=1S/C13H10BrClN2O/c14-10-4-2-1-3-7(10)8-6-12(16)9(13(17)18)5-11(8)15/h1-6H,16H2,(H2,17,18). The minimum Gasteiger partial charge on any atom is -0.398 e. The summed E-state index contributed by atoms with van der Waals surface area (Å²) >= 11 is 9.62. The van der Waals surface area contributed by atoms with Crippen molar-refractivity contribution in [2.45, 2.75) is 0 Å². The van der Waals surface area contributed by atoms with E-state index in [4.69, 9.17) is 23.1 Å². The molecule has 3 nitrogen and oxygen atoms in total. The zero-order valence-corrected chi connectivity index (χ0v) is 11.6. The highest BCUT2D eigenvalue weighted by Crippen LogP contribution is 2.35. The Morgan fingerprint density at radius 2 is 1.83 bits per heavy atom. The number of primary amides is 1. The Hall–Kier alpha value is -1.52. The van der Waals surface area contributed by atoms with Crippen molar-refractivity contribution < 1.29 is 4.79 Å². The van der Waals surface area contributed by atoms with Crippen molar-refractivity contribution in [2.24, 2.45) is 5.73 Å². The van der Waals surface area contributed by atoms with Gasteiger partial charge in [-0.15, -0.1) is 0 Å². The molecule has 0 saturated heterocycles. The number of nitrogens with two attached hydrogens (primary N) is 2. The van der Waals surface area contributed by atoms with Crippen LogP contribution in [-0.2, 0) is 0 Å². The van der Waals surface area contributed by atoms with E-state index in [1.165, 1.54) is 6.07 Å². The summed E-state index contributed by atoms with van der Waals surface area (Å²) in [4.78, 5) is 11.2. The molecule has 1 amide bonds. The molecule has 92 valence electrons. The van der Waals surface area contributed by atoms with E-state index in [9.17, 15) is 4.79 Å². The summed E-state index contributed by atoms with van der Waals surface area (Å²) in [6.45, 7) is 0. The van der Waals surface area contributed by atoms with Crippen LogP contribution in [0.25, 0.3) is 11.1 Å². The minimum atomic E-state index is -0.590. The maximum absolute atomic E-state index is 11.2. The van der Waals surface area contributed by atoms with Gasteiger partial charge in [0.1, 0.15) is 0 Å². The SMILES string of the molecule is NC(=O)c1cc(Cl)c(-c2ccccc2Br)cc1N. The van der Waals surface area contributed by atoms with Crippen molar-refractivity contribution >= 4 is 39.1 Å². The van der Waals surface area contributed by atoms with Crippen molar-refractivity contribution in [1.29, 1.82) is 0 Å². The lowest BCUT2D eigenvalue weighted by molar-refractivity contribution is 0.100. The fraction of sp³-hybridized carbons (Fsp3) is 0. The lowest BCUT2D eigenvalue weighted by Crippen LogP contribution is -2.13.